The molecule has 0 bridgehead atoms. The van der Waals surface area contributed by atoms with Crippen LogP contribution in [0.15, 0.2) is 12.1 Å². The van der Waals surface area contributed by atoms with Gasteiger partial charge >= 0.3 is 0 Å². The average molecular weight is 440 g/mol. The van der Waals surface area contributed by atoms with Crippen molar-refractivity contribution in [2.45, 2.75) is 19.9 Å². The second-order valence-electron chi connectivity index (χ2n) is 7.43. The van der Waals surface area contributed by atoms with E-state index in [0.29, 0.717) is 34.0 Å². The topological polar surface area (TPSA) is 92.5 Å². The number of anilines is 1. The molecule has 1 aromatic carbocycles. The van der Waals surface area contributed by atoms with Crippen molar-refractivity contribution in [2.75, 3.05) is 45.9 Å². The molecular weight excluding hydrogens is 414 g/mol. The maximum absolute atomic E-state index is 9.59. The highest BCUT2D eigenvalue weighted by atomic mass is 32.1. The summed E-state index contributed by atoms with van der Waals surface area (Å²) < 4.78 is 16.5. The van der Waals surface area contributed by atoms with Crippen LogP contribution in [0, 0.1) is 18.3 Å². The Kier molecular flexibility index (Phi) is 5.85. The number of hydrogen-bond donors (Lipinski definition) is 1. The number of aryl methyl sites for hydroxylation is 1. The zero-order valence-electron chi connectivity index (χ0n) is 18.3. The van der Waals surface area contributed by atoms with E-state index in [1.807, 2.05) is 19.1 Å². The number of nitriles is 1. The third-order valence-electron chi connectivity index (χ3n) is 5.46. The lowest BCUT2D eigenvalue weighted by Gasteiger charge is -2.33. The first kappa shape index (κ1) is 21.2. The molecule has 1 saturated heterocycles. The summed E-state index contributed by atoms with van der Waals surface area (Å²) in [4.78, 5) is 13.5. The van der Waals surface area contributed by atoms with E-state index in [-0.39, 0.29) is 0 Å². The van der Waals surface area contributed by atoms with Crippen LogP contribution in [0.25, 0.3) is 21.6 Å². The Morgan fingerprint density at radius 1 is 1.16 bits per heavy atom. The van der Waals surface area contributed by atoms with Gasteiger partial charge in [-0.05, 0) is 31.5 Å². The van der Waals surface area contributed by atoms with Gasteiger partial charge in [0.15, 0.2) is 17.3 Å². The summed E-state index contributed by atoms with van der Waals surface area (Å²) >= 11 is 1.40. The van der Waals surface area contributed by atoms with Gasteiger partial charge in [-0.1, -0.05) is 0 Å². The minimum atomic E-state index is 0.345. The van der Waals surface area contributed by atoms with E-state index in [1.165, 1.54) is 11.3 Å². The zero-order chi connectivity index (χ0) is 22.1. The molecule has 3 aromatic rings. The second kappa shape index (κ2) is 8.57. The van der Waals surface area contributed by atoms with Gasteiger partial charge < -0.3 is 24.4 Å². The largest absolute Gasteiger partial charge is 0.493 e. The van der Waals surface area contributed by atoms with E-state index >= 15 is 0 Å². The van der Waals surface area contributed by atoms with Gasteiger partial charge in [-0.2, -0.15) is 5.26 Å². The summed E-state index contributed by atoms with van der Waals surface area (Å²) in [7, 11) is 4.74. The van der Waals surface area contributed by atoms with Crippen LogP contribution in [0.1, 0.15) is 17.4 Å². The number of nitrogens with one attached hydrogen (secondary N) is 1. The number of thiophene rings is 1. The molecule has 0 aliphatic carbocycles. The van der Waals surface area contributed by atoms with Crippen LogP contribution in [0.2, 0.25) is 0 Å². The highest BCUT2D eigenvalue weighted by Gasteiger charge is 2.25. The molecule has 4 rings (SSSR count). The molecular formula is C22H25N5O3S. The smallest absolute Gasteiger partial charge is 0.203 e. The Hall–Kier alpha value is -3.09. The predicted molar refractivity (Wildman–Crippen MR) is 122 cm³/mol. The first-order valence-electron chi connectivity index (χ1n) is 10.0. The number of aromatic nitrogens is 2. The van der Waals surface area contributed by atoms with Gasteiger partial charge in [-0.15, -0.1) is 11.3 Å². The minimum Gasteiger partial charge on any atom is -0.493 e. The summed E-state index contributed by atoms with van der Waals surface area (Å²) in [5.74, 6) is 3.01. The Labute approximate surface area is 185 Å². The molecule has 2 aromatic heterocycles. The van der Waals surface area contributed by atoms with Crippen molar-refractivity contribution in [2.24, 2.45) is 0 Å². The Bertz CT molecular complexity index is 1150. The number of methoxy groups -OCH3 is 3. The van der Waals surface area contributed by atoms with Crippen molar-refractivity contribution in [1.82, 2.24) is 15.3 Å². The molecule has 31 heavy (non-hydrogen) atoms. The van der Waals surface area contributed by atoms with Gasteiger partial charge in [-0.25, -0.2) is 9.97 Å². The number of hydrogen-bond acceptors (Lipinski definition) is 9. The molecule has 0 radical (unpaired) electrons. The lowest BCUT2D eigenvalue weighted by Crippen LogP contribution is -2.49. The molecule has 3 heterocycles. The third-order valence-corrected chi connectivity index (χ3v) is 6.55. The maximum Gasteiger partial charge on any atom is 0.203 e. The van der Waals surface area contributed by atoms with Gasteiger partial charge in [-0.3, -0.25) is 0 Å². The molecule has 9 heteroatoms. The van der Waals surface area contributed by atoms with Gasteiger partial charge in [0.25, 0.3) is 0 Å². The van der Waals surface area contributed by atoms with Crippen LogP contribution in [-0.2, 0) is 0 Å². The summed E-state index contributed by atoms with van der Waals surface area (Å²) in [6.45, 7) is 6.67. The van der Waals surface area contributed by atoms with E-state index < -0.39 is 0 Å². The van der Waals surface area contributed by atoms with Crippen molar-refractivity contribution in [3.8, 4) is 34.7 Å². The Morgan fingerprint density at radius 2 is 1.87 bits per heavy atom. The molecule has 0 amide bonds. The number of benzene rings is 1. The molecule has 0 spiro atoms. The van der Waals surface area contributed by atoms with Gasteiger partial charge in [0.2, 0.25) is 5.75 Å². The highest BCUT2D eigenvalue weighted by Crippen LogP contribution is 2.42. The van der Waals surface area contributed by atoms with E-state index in [9.17, 15) is 5.26 Å². The fourth-order valence-electron chi connectivity index (χ4n) is 3.92. The van der Waals surface area contributed by atoms with Crippen LogP contribution < -0.4 is 24.4 Å². The first-order chi connectivity index (χ1) is 15.0. The molecule has 1 N–H and O–H groups in total. The molecule has 162 valence electrons. The number of nitrogens with zero attached hydrogens (tertiary/aromatic N) is 4. The van der Waals surface area contributed by atoms with Crippen molar-refractivity contribution >= 4 is 27.4 Å². The Balaban J connectivity index is 1.95. The lowest BCUT2D eigenvalue weighted by atomic mass is 10.1. The maximum atomic E-state index is 9.59. The SMILES string of the molecule is COc1cc(-c2nc(N3CCNC(C)C3)c3c(C)c(C#N)sc3n2)cc(OC)c1OC. The van der Waals surface area contributed by atoms with Gasteiger partial charge in [0.05, 0.1) is 26.7 Å². The normalized spacial score (nSPS) is 16.3. The van der Waals surface area contributed by atoms with Crippen LogP contribution >= 0.6 is 11.3 Å². The minimum absolute atomic E-state index is 0.345. The number of ether oxygens (including phenoxy) is 3. The van der Waals surface area contributed by atoms with Crippen LogP contribution in [-0.4, -0.2) is 57.0 Å². The first-order valence-corrected chi connectivity index (χ1v) is 10.8. The number of fused-ring (bicyclic) bond motifs is 1. The molecule has 8 nitrogen and oxygen atoms in total. The van der Waals surface area contributed by atoms with Crippen LogP contribution in [0.4, 0.5) is 5.82 Å². The van der Waals surface area contributed by atoms with Gasteiger partial charge in [0.1, 0.15) is 21.6 Å². The monoisotopic (exact) mass is 439 g/mol. The van der Waals surface area contributed by atoms with E-state index in [0.717, 1.165) is 46.8 Å². The zero-order valence-corrected chi connectivity index (χ0v) is 19.1. The standard InChI is InChI=1S/C22H25N5O3S/c1-12-11-27(7-6-24-12)21-18-13(2)17(10-23)31-22(18)26-20(25-21)14-8-15(28-3)19(30-5)16(9-14)29-4/h8-9,12,24H,6-7,11H2,1-5H3. The molecule has 1 atom stereocenters. The average Bonchev–Trinajstić information content (AvgIpc) is 3.12. The molecule has 0 saturated carbocycles. The summed E-state index contributed by atoms with van der Waals surface area (Å²) in [6.07, 6.45) is 0. The van der Waals surface area contributed by atoms with E-state index in [1.54, 1.807) is 21.3 Å². The van der Waals surface area contributed by atoms with E-state index in [2.05, 4.69) is 23.2 Å². The third kappa shape index (κ3) is 3.73. The second-order valence-corrected chi connectivity index (χ2v) is 8.43. The lowest BCUT2D eigenvalue weighted by molar-refractivity contribution is 0.324. The summed E-state index contributed by atoms with van der Waals surface area (Å²) in [5.41, 5.74) is 1.69. The molecule has 1 aliphatic rings. The Morgan fingerprint density at radius 3 is 2.45 bits per heavy atom. The quantitative estimate of drug-likeness (QED) is 0.647. The van der Waals surface area contributed by atoms with E-state index in [4.69, 9.17) is 24.2 Å². The van der Waals surface area contributed by atoms with Crippen LogP contribution in [0.5, 0.6) is 17.2 Å². The molecule has 1 fully saturated rings. The van der Waals surface area contributed by atoms with Crippen LogP contribution in [0.3, 0.4) is 0 Å². The summed E-state index contributed by atoms with van der Waals surface area (Å²) in [5, 5.41) is 14.0. The highest BCUT2D eigenvalue weighted by molar-refractivity contribution is 7.19. The summed E-state index contributed by atoms with van der Waals surface area (Å²) in [6, 6.07) is 6.33. The molecule has 1 aliphatic heterocycles. The van der Waals surface area contributed by atoms with Crippen molar-refractivity contribution in [3.05, 3.63) is 22.6 Å². The van der Waals surface area contributed by atoms with Crippen molar-refractivity contribution < 1.29 is 14.2 Å². The number of piperazine rings is 1. The fourth-order valence-corrected chi connectivity index (χ4v) is 4.89. The van der Waals surface area contributed by atoms with Gasteiger partial charge in [0, 0.05) is 31.2 Å². The number of rotatable bonds is 5. The van der Waals surface area contributed by atoms with Crippen molar-refractivity contribution in [3.63, 3.8) is 0 Å². The predicted octanol–water partition coefficient (Wildman–Crippen LogP) is 3.36. The molecule has 1 unspecified atom stereocenters. The van der Waals surface area contributed by atoms with Crippen molar-refractivity contribution in [1.29, 1.82) is 5.26 Å². The fraction of sp³-hybridized carbons (Fsp3) is 0.409.